The van der Waals surface area contributed by atoms with Crippen molar-refractivity contribution in [3.8, 4) is 16.9 Å². The second kappa shape index (κ2) is 7.48. The van der Waals surface area contributed by atoms with Gasteiger partial charge in [0.05, 0.1) is 11.3 Å². The third kappa shape index (κ3) is 3.69. The van der Waals surface area contributed by atoms with Gasteiger partial charge >= 0.3 is 0 Å². The van der Waals surface area contributed by atoms with E-state index < -0.39 is 0 Å². The number of benzene rings is 2. The van der Waals surface area contributed by atoms with Crippen LogP contribution >= 0.6 is 0 Å². The Kier molecular flexibility index (Phi) is 4.72. The minimum absolute atomic E-state index is 0.242. The van der Waals surface area contributed by atoms with Crippen LogP contribution in [0.1, 0.15) is 21.5 Å². The SMILES string of the molecule is Cc1ccc(-n2cc(C(=O)Nc3ccc(C)cn3)c(-c3ccccc3)n2)cc1. The first kappa shape index (κ1) is 17.7. The molecular formula is C23H20N4O. The number of carbonyl (C=O) groups is 1. The maximum absolute atomic E-state index is 13.0. The predicted octanol–water partition coefficient (Wildman–Crippen LogP) is 4.80. The Morgan fingerprint density at radius 1 is 0.893 bits per heavy atom. The van der Waals surface area contributed by atoms with Crippen LogP contribution in [0.3, 0.4) is 0 Å². The molecule has 0 spiro atoms. The lowest BCUT2D eigenvalue weighted by Gasteiger charge is -2.05. The molecule has 0 aliphatic heterocycles. The van der Waals surface area contributed by atoms with Crippen molar-refractivity contribution in [2.24, 2.45) is 0 Å². The highest BCUT2D eigenvalue weighted by Crippen LogP contribution is 2.24. The zero-order valence-electron chi connectivity index (χ0n) is 15.8. The Balaban J connectivity index is 1.74. The van der Waals surface area contributed by atoms with E-state index in [0.717, 1.165) is 16.8 Å². The summed E-state index contributed by atoms with van der Waals surface area (Å²) in [4.78, 5) is 17.2. The van der Waals surface area contributed by atoms with Gasteiger partial charge in [0, 0.05) is 18.0 Å². The Morgan fingerprint density at radius 2 is 1.61 bits per heavy atom. The van der Waals surface area contributed by atoms with Gasteiger partial charge in [-0.05, 0) is 37.6 Å². The number of rotatable bonds is 4. The summed E-state index contributed by atoms with van der Waals surface area (Å²) in [7, 11) is 0. The highest BCUT2D eigenvalue weighted by atomic mass is 16.1. The molecule has 0 saturated heterocycles. The van der Waals surface area contributed by atoms with Crippen molar-refractivity contribution >= 4 is 11.7 Å². The second-order valence-electron chi connectivity index (χ2n) is 6.71. The smallest absolute Gasteiger partial charge is 0.260 e. The summed E-state index contributed by atoms with van der Waals surface area (Å²) in [5.74, 6) is 0.270. The van der Waals surface area contributed by atoms with Crippen molar-refractivity contribution in [2.75, 3.05) is 5.32 Å². The molecule has 0 fully saturated rings. The minimum atomic E-state index is -0.242. The topological polar surface area (TPSA) is 59.8 Å². The van der Waals surface area contributed by atoms with Gasteiger partial charge in [-0.15, -0.1) is 0 Å². The summed E-state index contributed by atoms with van der Waals surface area (Å²) in [6.45, 7) is 3.99. The first-order chi connectivity index (χ1) is 13.6. The number of aromatic nitrogens is 3. The number of hydrogen-bond acceptors (Lipinski definition) is 3. The van der Waals surface area contributed by atoms with Gasteiger partial charge in [0.25, 0.3) is 5.91 Å². The minimum Gasteiger partial charge on any atom is -0.306 e. The number of nitrogens with one attached hydrogen (secondary N) is 1. The number of aryl methyl sites for hydroxylation is 2. The molecule has 0 saturated carbocycles. The lowest BCUT2D eigenvalue weighted by molar-refractivity contribution is 0.102. The van der Waals surface area contributed by atoms with E-state index in [9.17, 15) is 4.79 Å². The fourth-order valence-corrected chi connectivity index (χ4v) is 2.90. The molecule has 0 atom stereocenters. The molecule has 0 aliphatic carbocycles. The first-order valence-electron chi connectivity index (χ1n) is 9.06. The van der Waals surface area contributed by atoms with E-state index >= 15 is 0 Å². The predicted molar refractivity (Wildman–Crippen MR) is 111 cm³/mol. The zero-order valence-corrected chi connectivity index (χ0v) is 15.8. The molecule has 0 radical (unpaired) electrons. The Labute approximate surface area is 163 Å². The summed E-state index contributed by atoms with van der Waals surface area (Å²) < 4.78 is 1.74. The molecule has 0 aliphatic rings. The number of nitrogens with zero attached hydrogens (tertiary/aromatic N) is 3. The van der Waals surface area contributed by atoms with Gasteiger partial charge in [-0.3, -0.25) is 4.79 Å². The van der Waals surface area contributed by atoms with E-state index in [0.29, 0.717) is 17.1 Å². The number of hydrogen-bond donors (Lipinski definition) is 1. The van der Waals surface area contributed by atoms with Crippen LogP contribution in [0.4, 0.5) is 5.82 Å². The van der Waals surface area contributed by atoms with Crippen LogP contribution in [0.5, 0.6) is 0 Å². The van der Waals surface area contributed by atoms with Crippen LogP contribution in [-0.2, 0) is 0 Å². The maximum Gasteiger partial charge on any atom is 0.260 e. The molecule has 0 unspecified atom stereocenters. The molecule has 1 N–H and O–H groups in total. The van der Waals surface area contributed by atoms with Crippen LogP contribution in [0.25, 0.3) is 16.9 Å². The molecule has 2 heterocycles. The number of pyridine rings is 1. The average molecular weight is 368 g/mol. The van der Waals surface area contributed by atoms with Crippen LogP contribution in [0.2, 0.25) is 0 Å². The Morgan fingerprint density at radius 3 is 2.29 bits per heavy atom. The van der Waals surface area contributed by atoms with E-state index in [1.165, 1.54) is 5.56 Å². The largest absolute Gasteiger partial charge is 0.306 e. The highest BCUT2D eigenvalue weighted by Gasteiger charge is 2.19. The monoisotopic (exact) mass is 368 g/mol. The number of anilines is 1. The Bertz CT molecular complexity index is 1100. The summed E-state index contributed by atoms with van der Waals surface area (Å²) in [6, 6.07) is 21.4. The van der Waals surface area contributed by atoms with E-state index in [4.69, 9.17) is 5.10 Å². The lowest BCUT2D eigenvalue weighted by atomic mass is 10.1. The van der Waals surface area contributed by atoms with Gasteiger partial charge in [-0.2, -0.15) is 5.10 Å². The number of amides is 1. The van der Waals surface area contributed by atoms with E-state index in [1.54, 1.807) is 23.1 Å². The van der Waals surface area contributed by atoms with Gasteiger partial charge < -0.3 is 5.32 Å². The quantitative estimate of drug-likeness (QED) is 0.563. The molecule has 2 aromatic heterocycles. The lowest BCUT2D eigenvalue weighted by Crippen LogP contribution is -2.13. The van der Waals surface area contributed by atoms with Gasteiger partial charge in [-0.25, -0.2) is 9.67 Å². The molecule has 28 heavy (non-hydrogen) atoms. The van der Waals surface area contributed by atoms with Crippen molar-refractivity contribution in [3.05, 3.63) is 95.8 Å². The van der Waals surface area contributed by atoms with Gasteiger partial charge in [0.1, 0.15) is 11.5 Å². The van der Waals surface area contributed by atoms with E-state index in [-0.39, 0.29) is 5.91 Å². The normalized spacial score (nSPS) is 10.6. The van der Waals surface area contributed by atoms with E-state index in [2.05, 4.69) is 10.3 Å². The van der Waals surface area contributed by atoms with Crippen molar-refractivity contribution < 1.29 is 4.79 Å². The third-order valence-electron chi connectivity index (χ3n) is 4.46. The van der Waals surface area contributed by atoms with Crippen molar-refractivity contribution in [3.63, 3.8) is 0 Å². The molecule has 2 aromatic carbocycles. The highest BCUT2D eigenvalue weighted by molar-refractivity contribution is 6.07. The molecule has 4 aromatic rings. The molecule has 1 amide bonds. The molecule has 138 valence electrons. The van der Waals surface area contributed by atoms with Crippen LogP contribution in [-0.4, -0.2) is 20.7 Å². The molecule has 5 heteroatoms. The average Bonchev–Trinajstić information content (AvgIpc) is 3.16. The molecule has 5 nitrogen and oxygen atoms in total. The van der Waals surface area contributed by atoms with Crippen molar-refractivity contribution in [1.29, 1.82) is 0 Å². The zero-order chi connectivity index (χ0) is 19.5. The molecular weight excluding hydrogens is 348 g/mol. The summed E-state index contributed by atoms with van der Waals surface area (Å²) in [6.07, 6.45) is 3.49. The fourth-order valence-electron chi connectivity index (χ4n) is 2.90. The summed E-state index contributed by atoms with van der Waals surface area (Å²) >= 11 is 0. The number of carbonyl (C=O) groups excluding carboxylic acids is 1. The second-order valence-corrected chi connectivity index (χ2v) is 6.71. The maximum atomic E-state index is 13.0. The van der Waals surface area contributed by atoms with Crippen LogP contribution in [0.15, 0.2) is 79.1 Å². The van der Waals surface area contributed by atoms with Crippen LogP contribution in [0, 0.1) is 13.8 Å². The molecule has 4 rings (SSSR count). The summed E-state index contributed by atoms with van der Waals surface area (Å²) in [5.41, 5.74) is 5.11. The van der Waals surface area contributed by atoms with Gasteiger partial charge in [0.15, 0.2) is 0 Å². The standard InChI is InChI=1S/C23H20N4O/c1-16-8-11-19(12-9-16)27-15-20(22(26-27)18-6-4-3-5-7-18)23(28)25-21-13-10-17(2)14-24-21/h3-15H,1-2H3,(H,24,25,28). The van der Waals surface area contributed by atoms with Gasteiger partial charge in [-0.1, -0.05) is 54.1 Å². The molecule has 0 bridgehead atoms. The van der Waals surface area contributed by atoms with E-state index in [1.807, 2.05) is 74.5 Å². The summed E-state index contributed by atoms with van der Waals surface area (Å²) in [5, 5.41) is 7.56. The third-order valence-corrected chi connectivity index (χ3v) is 4.46. The van der Waals surface area contributed by atoms with Gasteiger partial charge in [0.2, 0.25) is 0 Å². The van der Waals surface area contributed by atoms with Crippen molar-refractivity contribution in [1.82, 2.24) is 14.8 Å². The Hall–Kier alpha value is -3.73. The first-order valence-corrected chi connectivity index (χ1v) is 9.06. The fraction of sp³-hybridized carbons (Fsp3) is 0.0870. The van der Waals surface area contributed by atoms with Crippen molar-refractivity contribution in [2.45, 2.75) is 13.8 Å². The van der Waals surface area contributed by atoms with Crippen LogP contribution < -0.4 is 5.32 Å².